The first kappa shape index (κ1) is 11.7. The van der Waals surface area contributed by atoms with E-state index in [1.54, 1.807) is 6.07 Å². The van der Waals surface area contributed by atoms with Crippen LogP contribution in [-0.4, -0.2) is 16.9 Å². The van der Waals surface area contributed by atoms with Crippen LogP contribution in [0, 0.1) is 6.92 Å². The van der Waals surface area contributed by atoms with E-state index in [4.69, 9.17) is 0 Å². The van der Waals surface area contributed by atoms with Gasteiger partial charge in [0.2, 0.25) is 5.91 Å². The summed E-state index contributed by atoms with van der Waals surface area (Å²) in [6, 6.07) is 13.4. The van der Waals surface area contributed by atoms with E-state index in [0.717, 1.165) is 11.4 Å². The van der Waals surface area contributed by atoms with Crippen molar-refractivity contribution in [3.8, 4) is 0 Å². The SMILES string of the molecule is Cc1cccc(NC(=O)[C@@H]2Cc3ccccc3N2)n1. The summed E-state index contributed by atoms with van der Waals surface area (Å²) >= 11 is 0. The van der Waals surface area contributed by atoms with E-state index in [-0.39, 0.29) is 11.9 Å². The highest BCUT2D eigenvalue weighted by Gasteiger charge is 2.26. The molecule has 1 aromatic carbocycles. The van der Waals surface area contributed by atoms with Gasteiger partial charge in [0.05, 0.1) is 0 Å². The van der Waals surface area contributed by atoms with Crippen LogP contribution < -0.4 is 10.6 Å². The van der Waals surface area contributed by atoms with Gasteiger partial charge in [-0.05, 0) is 30.7 Å². The number of hydrogen-bond acceptors (Lipinski definition) is 3. The first-order valence-electron chi connectivity index (χ1n) is 6.31. The van der Waals surface area contributed by atoms with E-state index in [0.29, 0.717) is 12.2 Å². The van der Waals surface area contributed by atoms with Gasteiger partial charge in [0.25, 0.3) is 0 Å². The Morgan fingerprint density at radius 1 is 1.26 bits per heavy atom. The van der Waals surface area contributed by atoms with Crippen LogP contribution in [0.2, 0.25) is 0 Å². The van der Waals surface area contributed by atoms with Crippen LogP contribution >= 0.6 is 0 Å². The number of nitrogens with zero attached hydrogens (tertiary/aromatic N) is 1. The summed E-state index contributed by atoms with van der Waals surface area (Å²) in [5.74, 6) is 0.553. The fourth-order valence-corrected chi connectivity index (χ4v) is 2.28. The molecule has 4 heteroatoms. The van der Waals surface area contributed by atoms with Gasteiger partial charge in [-0.2, -0.15) is 0 Å². The largest absolute Gasteiger partial charge is 0.373 e. The monoisotopic (exact) mass is 253 g/mol. The van der Waals surface area contributed by atoms with Gasteiger partial charge in [-0.25, -0.2) is 4.98 Å². The predicted octanol–water partition coefficient (Wildman–Crippen LogP) is 2.37. The lowest BCUT2D eigenvalue weighted by molar-refractivity contribution is -0.116. The second-order valence-electron chi connectivity index (χ2n) is 4.71. The molecule has 1 aliphatic heterocycles. The third-order valence-electron chi connectivity index (χ3n) is 3.23. The molecule has 0 saturated carbocycles. The number of carbonyl (C=O) groups is 1. The molecule has 2 aromatic rings. The Kier molecular flexibility index (Phi) is 2.91. The number of aromatic nitrogens is 1. The molecule has 3 rings (SSSR count). The first-order valence-corrected chi connectivity index (χ1v) is 6.31. The van der Waals surface area contributed by atoms with E-state index < -0.39 is 0 Å². The van der Waals surface area contributed by atoms with Gasteiger partial charge in [0, 0.05) is 17.8 Å². The van der Waals surface area contributed by atoms with E-state index >= 15 is 0 Å². The van der Waals surface area contributed by atoms with Gasteiger partial charge in [0.1, 0.15) is 11.9 Å². The van der Waals surface area contributed by atoms with E-state index in [2.05, 4.69) is 15.6 Å². The van der Waals surface area contributed by atoms with Crippen LogP contribution in [0.15, 0.2) is 42.5 Å². The van der Waals surface area contributed by atoms with Crippen LogP contribution in [0.25, 0.3) is 0 Å². The van der Waals surface area contributed by atoms with Crippen molar-refractivity contribution in [2.45, 2.75) is 19.4 Å². The number of benzene rings is 1. The van der Waals surface area contributed by atoms with E-state index in [1.807, 2.05) is 43.3 Å². The molecule has 0 fully saturated rings. The fourth-order valence-electron chi connectivity index (χ4n) is 2.28. The standard InChI is InChI=1S/C15H15N3O/c1-10-5-4-8-14(16-10)18-15(19)13-9-11-6-2-3-7-12(11)17-13/h2-8,13,17H,9H2,1H3,(H,16,18,19)/t13-/m0/s1. The number of hydrogen-bond donors (Lipinski definition) is 2. The highest BCUT2D eigenvalue weighted by atomic mass is 16.2. The number of aryl methyl sites for hydroxylation is 1. The summed E-state index contributed by atoms with van der Waals surface area (Å²) in [4.78, 5) is 16.5. The zero-order valence-corrected chi connectivity index (χ0v) is 10.7. The molecule has 96 valence electrons. The lowest BCUT2D eigenvalue weighted by atomic mass is 10.1. The lowest BCUT2D eigenvalue weighted by Crippen LogP contribution is -2.33. The van der Waals surface area contributed by atoms with Crippen LogP contribution in [0.4, 0.5) is 11.5 Å². The molecule has 0 spiro atoms. The third-order valence-corrected chi connectivity index (χ3v) is 3.23. The van der Waals surface area contributed by atoms with Crippen LogP contribution in [0.5, 0.6) is 0 Å². The van der Waals surface area contributed by atoms with Crippen molar-refractivity contribution in [3.63, 3.8) is 0 Å². The molecular weight excluding hydrogens is 238 g/mol. The van der Waals surface area contributed by atoms with Gasteiger partial charge >= 0.3 is 0 Å². The van der Waals surface area contributed by atoms with Crippen molar-refractivity contribution in [3.05, 3.63) is 53.7 Å². The Labute approximate surface area is 111 Å². The number of pyridine rings is 1. The Morgan fingerprint density at radius 3 is 2.89 bits per heavy atom. The highest BCUT2D eigenvalue weighted by Crippen LogP contribution is 2.25. The molecule has 1 atom stereocenters. The van der Waals surface area contributed by atoms with Crippen molar-refractivity contribution in [1.82, 2.24) is 4.98 Å². The molecule has 0 saturated heterocycles. The molecule has 0 bridgehead atoms. The molecule has 2 heterocycles. The second kappa shape index (κ2) is 4.72. The third kappa shape index (κ3) is 2.42. The van der Waals surface area contributed by atoms with Crippen LogP contribution in [-0.2, 0) is 11.2 Å². The second-order valence-corrected chi connectivity index (χ2v) is 4.71. The summed E-state index contributed by atoms with van der Waals surface area (Å²) in [5.41, 5.74) is 3.11. The average Bonchev–Trinajstić information content (AvgIpc) is 2.82. The number of fused-ring (bicyclic) bond motifs is 1. The number of nitrogens with one attached hydrogen (secondary N) is 2. The summed E-state index contributed by atoms with van der Waals surface area (Å²) in [5, 5.41) is 6.08. The molecule has 1 amide bonds. The van der Waals surface area contributed by atoms with Crippen molar-refractivity contribution in [2.75, 3.05) is 10.6 Å². The molecule has 4 nitrogen and oxygen atoms in total. The molecule has 1 aromatic heterocycles. The molecule has 2 N–H and O–H groups in total. The lowest BCUT2D eigenvalue weighted by Gasteiger charge is -2.11. The van der Waals surface area contributed by atoms with Crippen molar-refractivity contribution in [2.24, 2.45) is 0 Å². The van der Waals surface area contributed by atoms with Crippen LogP contribution in [0.3, 0.4) is 0 Å². The van der Waals surface area contributed by atoms with Crippen LogP contribution in [0.1, 0.15) is 11.3 Å². The topological polar surface area (TPSA) is 54.0 Å². The molecule has 19 heavy (non-hydrogen) atoms. The maximum atomic E-state index is 12.2. The molecule has 0 radical (unpaired) electrons. The maximum Gasteiger partial charge on any atom is 0.248 e. The minimum atomic E-state index is -0.222. The number of para-hydroxylation sites is 1. The normalized spacial score (nSPS) is 16.6. The fraction of sp³-hybridized carbons (Fsp3) is 0.200. The number of amides is 1. The summed E-state index contributed by atoms with van der Waals surface area (Å²) in [6.07, 6.45) is 0.716. The van der Waals surface area contributed by atoms with Gasteiger partial charge in [-0.15, -0.1) is 0 Å². The van der Waals surface area contributed by atoms with Gasteiger partial charge in [0.15, 0.2) is 0 Å². The summed E-state index contributed by atoms with van der Waals surface area (Å²) in [6.45, 7) is 1.90. The van der Waals surface area contributed by atoms with Gasteiger partial charge < -0.3 is 10.6 Å². The quantitative estimate of drug-likeness (QED) is 0.864. The van der Waals surface area contributed by atoms with E-state index in [9.17, 15) is 4.79 Å². The number of carbonyl (C=O) groups excluding carboxylic acids is 1. The minimum Gasteiger partial charge on any atom is -0.373 e. The summed E-state index contributed by atoms with van der Waals surface area (Å²) < 4.78 is 0. The Hall–Kier alpha value is -2.36. The number of rotatable bonds is 2. The molecule has 0 unspecified atom stereocenters. The first-order chi connectivity index (χ1) is 9.22. The Morgan fingerprint density at radius 2 is 2.11 bits per heavy atom. The van der Waals surface area contributed by atoms with Gasteiger partial charge in [-0.1, -0.05) is 24.3 Å². The maximum absolute atomic E-state index is 12.2. The highest BCUT2D eigenvalue weighted by molar-refractivity contribution is 5.97. The predicted molar refractivity (Wildman–Crippen MR) is 75.2 cm³/mol. The van der Waals surface area contributed by atoms with Gasteiger partial charge in [-0.3, -0.25) is 4.79 Å². The molecule has 0 aliphatic carbocycles. The average molecular weight is 253 g/mol. The zero-order chi connectivity index (χ0) is 13.2. The Balaban J connectivity index is 1.70. The Bertz CT molecular complexity index is 599. The van der Waals surface area contributed by atoms with Crippen molar-refractivity contribution in [1.29, 1.82) is 0 Å². The van der Waals surface area contributed by atoms with Crippen molar-refractivity contribution >= 4 is 17.4 Å². The summed E-state index contributed by atoms with van der Waals surface area (Å²) in [7, 11) is 0. The van der Waals surface area contributed by atoms with Crippen molar-refractivity contribution < 1.29 is 4.79 Å². The molecular formula is C15H15N3O. The zero-order valence-electron chi connectivity index (χ0n) is 10.7. The smallest absolute Gasteiger partial charge is 0.248 e. The minimum absolute atomic E-state index is 0.0469. The number of anilines is 2. The van der Waals surface area contributed by atoms with E-state index in [1.165, 1.54) is 5.56 Å². The molecule has 1 aliphatic rings.